The molecular weight excluding hydrogens is 216 g/mol. The molecule has 0 aromatic heterocycles. The summed E-state index contributed by atoms with van der Waals surface area (Å²) in [6.07, 6.45) is 4.26. The lowest BCUT2D eigenvalue weighted by atomic mass is 9.93. The van der Waals surface area contributed by atoms with Gasteiger partial charge in [0, 0.05) is 13.0 Å². The zero-order valence-electron chi connectivity index (χ0n) is 11.3. The van der Waals surface area contributed by atoms with Crippen molar-refractivity contribution >= 4 is 5.91 Å². The molecule has 0 aliphatic heterocycles. The first-order chi connectivity index (χ1) is 7.98. The highest BCUT2D eigenvalue weighted by Crippen LogP contribution is 2.29. The molecule has 2 atom stereocenters. The number of hydrogen-bond donors (Lipinski definition) is 2. The van der Waals surface area contributed by atoms with Gasteiger partial charge in [-0.2, -0.15) is 0 Å². The Hall–Kier alpha value is -0.610. The topological polar surface area (TPSA) is 64.3 Å². The number of hydrogen-bond acceptors (Lipinski definition) is 3. The van der Waals surface area contributed by atoms with Gasteiger partial charge in [-0.1, -0.05) is 6.92 Å². The van der Waals surface area contributed by atoms with Crippen molar-refractivity contribution in [3.8, 4) is 0 Å². The fraction of sp³-hybridized carbons (Fsp3) is 0.923. The molecule has 0 radical (unpaired) electrons. The molecule has 1 amide bonds. The summed E-state index contributed by atoms with van der Waals surface area (Å²) in [4.78, 5) is 11.5. The Kier molecular flexibility index (Phi) is 5.40. The van der Waals surface area contributed by atoms with Crippen LogP contribution < -0.4 is 11.1 Å². The van der Waals surface area contributed by atoms with Gasteiger partial charge in [-0.15, -0.1) is 0 Å². The van der Waals surface area contributed by atoms with Crippen molar-refractivity contribution in [1.82, 2.24) is 5.32 Å². The highest BCUT2D eigenvalue weighted by atomic mass is 16.5. The minimum Gasteiger partial charge on any atom is -0.378 e. The van der Waals surface area contributed by atoms with Crippen LogP contribution in [-0.4, -0.2) is 30.7 Å². The number of carbonyl (C=O) groups excluding carboxylic acids is 1. The minimum atomic E-state index is -0.654. The standard InChI is InChI=1S/C13H26N2O2/c1-4-7-15-13(3,12(14)16)8-10(2)17-9-11-5-6-11/h10-11,15H,4-9H2,1-3H3,(H2,14,16). The molecule has 1 rings (SSSR count). The van der Waals surface area contributed by atoms with Crippen LogP contribution >= 0.6 is 0 Å². The van der Waals surface area contributed by atoms with Crippen LogP contribution in [0.5, 0.6) is 0 Å². The van der Waals surface area contributed by atoms with E-state index in [9.17, 15) is 4.79 Å². The molecule has 1 aliphatic carbocycles. The van der Waals surface area contributed by atoms with E-state index < -0.39 is 5.54 Å². The third-order valence-electron chi connectivity index (χ3n) is 3.32. The van der Waals surface area contributed by atoms with E-state index in [4.69, 9.17) is 10.5 Å². The molecule has 0 saturated heterocycles. The van der Waals surface area contributed by atoms with Gasteiger partial charge in [0.2, 0.25) is 5.91 Å². The molecule has 1 fully saturated rings. The second-order valence-electron chi connectivity index (χ2n) is 5.41. The quantitative estimate of drug-likeness (QED) is 0.643. The number of nitrogens with two attached hydrogens (primary N) is 1. The van der Waals surface area contributed by atoms with E-state index in [2.05, 4.69) is 12.2 Å². The predicted molar refractivity (Wildman–Crippen MR) is 68.6 cm³/mol. The lowest BCUT2D eigenvalue weighted by molar-refractivity contribution is -0.125. The van der Waals surface area contributed by atoms with E-state index in [0.717, 1.165) is 25.5 Å². The van der Waals surface area contributed by atoms with Crippen molar-refractivity contribution in [2.45, 2.75) is 58.1 Å². The normalized spacial score (nSPS) is 20.9. The first-order valence-electron chi connectivity index (χ1n) is 6.64. The summed E-state index contributed by atoms with van der Waals surface area (Å²) in [5, 5.41) is 3.22. The van der Waals surface area contributed by atoms with Crippen LogP contribution in [0.25, 0.3) is 0 Å². The largest absolute Gasteiger partial charge is 0.378 e. The molecule has 4 heteroatoms. The van der Waals surface area contributed by atoms with E-state index in [1.54, 1.807) is 0 Å². The average Bonchev–Trinajstić information content (AvgIpc) is 3.07. The molecule has 100 valence electrons. The molecule has 0 aromatic rings. The van der Waals surface area contributed by atoms with Gasteiger partial charge in [0.25, 0.3) is 0 Å². The van der Waals surface area contributed by atoms with Gasteiger partial charge in [0.05, 0.1) is 11.6 Å². The molecule has 1 saturated carbocycles. The van der Waals surface area contributed by atoms with Crippen molar-refractivity contribution in [1.29, 1.82) is 0 Å². The second-order valence-corrected chi connectivity index (χ2v) is 5.41. The maximum absolute atomic E-state index is 11.5. The molecule has 4 nitrogen and oxygen atoms in total. The second kappa shape index (κ2) is 6.36. The summed E-state index contributed by atoms with van der Waals surface area (Å²) in [7, 11) is 0. The van der Waals surface area contributed by atoms with Crippen molar-refractivity contribution in [2.75, 3.05) is 13.2 Å². The Balaban J connectivity index is 2.37. The molecule has 0 aromatic carbocycles. The van der Waals surface area contributed by atoms with Crippen LogP contribution in [0.15, 0.2) is 0 Å². The van der Waals surface area contributed by atoms with Crippen LogP contribution in [0.3, 0.4) is 0 Å². The number of amides is 1. The third kappa shape index (κ3) is 5.04. The first kappa shape index (κ1) is 14.5. The molecule has 0 spiro atoms. The van der Waals surface area contributed by atoms with E-state index in [1.807, 2.05) is 13.8 Å². The monoisotopic (exact) mass is 242 g/mol. The molecular formula is C13H26N2O2. The third-order valence-corrected chi connectivity index (χ3v) is 3.32. The number of rotatable bonds is 9. The lowest BCUT2D eigenvalue weighted by Crippen LogP contribution is -2.55. The van der Waals surface area contributed by atoms with Crippen LogP contribution in [0.2, 0.25) is 0 Å². The molecule has 0 heterocycles. The predicted octanol–water partition coefficient (Wildman–Crippen LogP) is 1.44. The highest BCUT2D eigenvalue weighted by Gasteiger charge is 2.33. The Bertz CT molecular complexity index is 254. The average molecular weight is 242 g/mol. The SMILES string of the molecule is CCCNC(C)(CC(C)OCC1CC1)C(N)=O. The highest BCUT2D eigenvalue weighted by molar-refractivity contribution is 5.84. The molecule has 2 unspecified atom stereocenters. The molecule has 17 heavy (non-hydrogen) atoms. The van der Waals surface area contributed by atoms with Crippen LogP contribution in [0.1, 0.15) is 46.5 Å². The Morgan fingerprint density at radius 3 is 2.71 bits per heavy atom. The summed E-state index contributed by atoms with van der Waals surface area (Å²) in [6.45, 7) is 7.57. The van der Waals surface area contributed by atoms with E-state index in [-0.39, 0.29) is 12.0 Å². The van der Waals surface area contributed by atoms with Crippen LogP contribution in [0.4, 0.5) is 0 Å². The molecule has 3 N–H and O–H groups in total. The van der Waals surface area contributed by atoms with Crippen molar-refractivity contribution in [3.63, 3.8) is 0 Å². The minimum absolute atomic E-state index is 0.0671. The first-order valence-corrected chi connectivity index (χ1v) is 6.64. The lowest BCUT2D eigenvalue weighted by Gasteiger charge is -2.30. The Labute approximate surface area is 104 Å². The Morgan fingerprint density at radius 1 is 1.59 bits per heavy atom. The van der Waals surface area contributed by atoms with Crippen molar-refractivity contribution in [3.05, 3.63) is 0 Å². The van der Waals surface area contributed by atoms with Gasteiger partial charge in [-0.25, -0.2) is 0 Å². The number of carbonyl (C=O) groups is 1. The summed E-state index contributed by atoms with van der Waals surface area (Å²) >= 11 is 0. The van der Waals surface area contributed by atoms with Gasteiger partial charge in [-0.3, -0.25) is 4.79 Å². The molecule has 1 aliphatic rings. The summed E-state index contributed by atoms with van der Waals surface area (Å²) in [5.74, 6) is 0.453. The molecule has 0 bridgehead atoms. The van der Waals surface area contributed by atoms with Gasteiger partial charge in [0.1, 0.15) is 0 Å². The van der Waals surface area contributed by atoms with Gasteiger partial charge in [0.15, 0.2) is 0 Å². The number of primary amides is 1. The smallest absolute Gasteiger partial charge is 0.237 e. The maximum atomic E-state index is 11.5. The van der Waals surface area contributed by atoms with E-state index in [1.165, 1.54) is 12.8 Å². The number of ether oxygens (including phenoxy) is 1. The fourth-order valence-corrected chi connectivity index (χ4v) is 1.88. The number of nitrogens with one attached hydrogen (secondary N) is 1. The summed E-state index contributed by atoms with van der Waals surface area (Å²) in [6, 6.07) is 0. The van der Waals surface area contributed by atoms with Crippen molar-refractivity contribution in [2.24, 2.45) is 11.7 Å². The van der Waals surface area contributed by atoms with Gasteiger partial charge < -0.3 is 15.8 Å². The van der Waals surface area contributed by atoms with Crippen LogP contribution in [0, 0.1) is 5.92 Å². The van der Waals surface area contributed by atoms with E-state index >= 15 is 0 Å². The fourth-order valence-electron chi connectivity index (χ4n) is 1.88. The van der Waals surface area contributed by atoms with Crippen molar-refractivity contribution < 1.29 is 9.53 Å². The zero-order chi connectivity index (χ0) is 12.9. The van der Waals surface area contributed by atoms with Gasteiger partial charge in [-0.05, 0) is 45.6 Å². The Morgan fingerprint density at radius 2 is 2.24 bits per heavy atom. The maximum Gasteiger partial charge on any atom is 0.237 e. The summed E-state index contributed by atoms with van der Waals surface area (Å²) < 4.78 is 5.74. The summed E-state index contributed by atoms with van der Waals surface area (Å²) in [5.41, 5.74) is 4.82. The zero-order valence-corrected chi connectivity index (χ0v) is 11.3. The van der Waals surface area contributed by atoms with E-state index in [0.29, 0.717) is 6.42 Å². The van der Waals surface area contributed by atoms with Gasteiger partial charge >= 0.3 is 0 Å². The van der Waals surface area contributed by atoms with Crippen LogP contribution in [-0.2, 0) is 9.53 Å².